The Kier molecular flexibility index (Phi) is 6.11. The molecule has 2 aromatic rings. The lowest BCUT2D eigenvalue weighted by Crippen LogP contribution is -2.62. The van der Waals surface area contributed by atoms with Crippen molar-refractivity contribution in [2.45, 2.75) is 36.6 Å². The Morgan fingerprint density at radius 3 is 2.42 bits per heavy atom. The lowest BCUT2D eigenvalue weighted by molar-refractivity contribution is -0.0950. The Hall–Kier alpha value is -3.70. The molecule has 0 atom stereocenters. The molecule has 1 saturated heterocycles. The summed E-state index contributed by atoms with van der Waals surface area (Å²) in [6, 6.07) is 8.03. The summed E-state index contributed by atoms with van der Waals surface area (Å²) in [4.78, 5) is 40.0. The Bertz CT molecular complexity index is 1550. The summed E-state index contributed by atoms with van der Waals surface area (Å²) in [6.07, 6.45) is 0.493. The molecular weight excluding hydrogens is 527 g/mol. The highest BCUT2D eigenvalue weighted by Crippen LogP contribution is 2.48. The van der Waals surface area contributed by atoms with Gasteiger partial charge >= 0.3 is 0 Å². The lowest BCUT2D eigenvalue weighted by Gasteiger charge is -2.41. The number of benzene rings is 1. The highest BCUT2D eigenvalue weighted by Gasteiger charge is 2.62. The zero-order chi connectivity index (χ0) is 27.5. The van der Waals surface area contributed by atoms with Gasteiger partial charge in [0, 0.05) is 26.2 Å². The second-order valence-electron chi connectivity index (χ2n) is 9.74. The fourth-order valence-electron chi connectivity index (χ4n) is 4.73. The lowest BCUT2D eigenvalue weighted by atomic mass is 10.1. The number of carbonyl (C=O) groups excluding carboxylic acids is 2. The fourth-order valence-corrected chi connectivity index (χ4v) is 6.93. The summed E-state index contributed by atoms with van der Waals surface area (Å²) in [6.45, 7) is -1.99. The number of alkyl halides is 2. The number of hydrogen-bond acceptors (Lipinski definition) is 6. The maximum absolute atomic E-state index is 13.8. The summed E-state index contributed by atoms with van der Waals surface area (Å²) in [5, 5.41) is 11.3. The predicted octanol–water partition coefficient (Wildman–Crippen LogP) is 1.06. The Morgan fingerprint density at radius 1 is 1.11 bits per heavy atom. The first kappa shape index (κ1) is 25.9. The number of fused-ring (bicyclic) bond motifs is 1. The molecule has 0 spiro atoms. The van der Waals surface area contributed by atoms with Crippen molar-refractivity contribution in [3.8, 4) is 6.07 Å². The minimum Gasteiger partial charge on any atom is -0.348 e. The van der Waals surface area contributed by atoms with Gasteiger partial charge in [-0.15, -0.1) is 0 Å². The average Bonchev–Trinajstić information content (AvgIpc) is 3.64. The molecule has 38 heavy (non-hydrogen) atoms. The summed E-state index contributed by atoms with van der Waals surface area (Å²) >= 11 is 0. The van der Waals surface area contributed by atoms with E-state index < -0.39 is 57.0 Å². The molecule has 1 saturated carbocycles. The van der Waals surface area contributed by atoms with Crippen molar-refractivity contribution in [1.82, 2.24) is 19.1 Å². The Morgan fingerprint density at radius 2 is 1.82 bits per heavy atom. The molecule has 3 heterocycles. The van der Waals surface area contributed by atoms with Gasteiger partial charge in [0.25, 0.3) is 23.3 Å². The van der Waals surface area contributed by atoms with Crippen molar-refractivity contribution < 1.29 is 31.2 Å². The number of amides is 2. The van der Waals surface area contributed by atoms with Gasteiger partial charge < -0.3 is 14.8 Å². The van der Waals surface area contributed by atoms with Gasteiger partial charge in [0.05, 0.1) is 18.7 Å². The van der Waals surface area contributed by atoms with Gasteiger partial charge in [-0.05, 0) is 42.7 Å². The minimum atomic E-state index is -4.03. The van der Waals surface area contributed by atoms with Crippen LogP contribution in [0.5, 0.6) is 0 Å². The number of nitriles is 1. The molecule has 0 bridgehead atoms. The third-order valence-corrected chi connectivity index (χ3v) is 9.68. The molecule has 14 heteroatoms. The van der Waals surface area contributed by atoms with Crippen LogP contribution in [0.2, 0.25) is 0 Å². The van der Waals surface area contributed by atoms with Gasteiger partial charge in [0.15, 0.2) is 0 Å². The van der Waals surface area contributed by atoms with Crippen LogP contribution < -0.4 is 10.9 Å². The van der Waals surface area contributed by atoms with Crippen LogP contribution >= 0.6 is 0 Å². The van der Waals surface area contributed by atoms with Crippen LogP contribution in [-0.4, -0.2) is 70.9 Å². The highest BCUT2D eigenvalue weighted by molar-refractivity contribution is 7.90. The number of pyridine rings is 1. The van der Waals surface area contributed by atoms with Gasteiger partial charge in [-0.1, -0.05) is 6.07 Å². The van der Waals surface area contributed by atoms with Crippen molar-refractivity contribution in [3.05, 3.63) is 68.9 Å². The first-order valence-electron chi connectivity index (χ1n) is 11.7. The quantitative estimate of drug-likeness (QED) is 0.549. The van der Waals surface area contributed by atoms with Crippen LogP contribution in [0.4, 0.5) is 13.2 Å². The van der Waals surface area contributed by atoms with Crippen LogP contribution in [0, 0.1) is 17.1 Å². The number of nitrogens with zero attached hydrogens (tertiary/aromatic N) is 4. The van der Waals surface area contributed by atoms with Gasteiger partial charge in [0.2, 0.25) is 10.0 Å². The number of aromatic nitrogens is 1. The molecule has 10 nitrogen and oxygen atoms in total. The third kappa shape index (κ3) is 4.35. The second-order valence-corrected chi connectivity index (χ2v) is 12.1. The number of nitrogens with one attached hydrogen (secondary N) is 1. The summed E-state index contributed by atoms with van der Waals surface area (Å²) in [5.41, 5.74) is -0.723. The monoisotopic (exact) mass is 549 g/mol. The van der Waals surface area contributed by atoms with Crippen molar-refractivity contribution in [3.63, 3.8) is 0 Å². The van der Waals surface area contributed by atoms with Crippen LogP contribution in [0.25, 0.3) is 0 Å². The summed E-state index contributed by atoms with van der Waals surface area (Å²) < 4.78 is 66.7. The van der Waals surface area contributed by atoms with E-state index in [-0.39, 0.29) is 55.8 Å². The number of rotatable bonds is 7. The molecule has 0 radical (unpaired) electrons. The van der Waals surface area contributed by atoms with Gasteiger partial charge in [0.1, 0.15) is 27.9 Å². The zero-order valence-corrected chi connectivity index (χ0v) is 20.7. The van der Waals surface area contributed by atoms with E-state index in [4.69, 9.17) is 5.26 Å². The van der Waals surface area contributed by atoms with Crippen molar-refractivity contribution >= 4 is 21.8 Å². The molecule has 1 aromatic carbocycles. The number of sulfonamides is 1. The Balaban J connectivity index is 1.28. The van der Waals surface area contributed by atoms with Crippen molar-refractivity contribution in [1.29, 1.82) is 5.26 Å². The first-order valence-corrected chi connectivity index (χ1v) is 13.2. The molecule has 2 aliphatic heterocycles. The van der Waals surface area contributed by atoms with Crippen molar-refractivity contribution in [2.75, 3.05) is 26.2 Å². The van der Waals surface area contributed by atoms with E-state index in [2.05, 4.69) is 5.32 Å². The molecule has 5 rings (SSSR count). The smallest absolute Gasteiger partial charge is 0.275 e. The molecule has 0 unspecified atom stereocenters. The SMILES string of the molecule is N#Cc1ccc(CNC(=O)c2ccc3n(c2=O)CCN(CC2(S(=O)(=O)N4CC(F)(F)C4)CC2)C3=O)cc1F. The molecule has 1 aliphatic carbocycles. The van der Waals surface area contributed by atoms with E-state index in [1.54, 1.807) is 6.07 Å². The van der Waals surface area contributed by atoms with Gasteiger partial charge in [-0.3, -0.25) is 14.4 Å². The zero-order valence-electron chi connectivity index (χ0n) is 19.9. The van der Waals surface area contributed by atoms with E-state index in [9.17, 15) is 36.0 Å². The molecule has 1 N–H and O–H groups in total. The largest absolute Gasteiger partial charge is 0.348 e. The van der Waals surface area contributed by atoms with Gasteiger partial charge in [-0.2, -0.15) is 9.57 Å². The normalized spacial score (nSPS) is 19.7. The van der Waals surface area contributed by atoms with Crippen LogP contribution in [0.15, 0.2) is 35.1 Å². The predicted molar refractivity (Wildman–Crippen MR) is 126 cm³/mol. The van der Waals surface area contributed by atoms with E-state index in [1.165, 1.54) is 29.2 Å². The average molecular weight is 550 g/mol. The summed E-state index contributed by atoms with van der Waals surface area (Å²) in [7, 11) is -4.03. The standard InChI is InChI=1S/C24H22F3N5O5S/c25-18-9-15(1-2-16(18)10-28)11-29-20(33)17-3-4-19-22(35)30(7-8-32(19)21(17)34)12-23(5-6-23)38(36,37)31-13-24(26,27)14-31/h1-4,9H,5-8,11-14H2,(H,29,33). The first-order chi connectivity index (χ1) is 17.9. The third-order valence-electron chi connectivity index (χ3n) is 7.11. The van der Waals surface area contributed by atoms with Crippen LogP contribution in [-0.2, 0) is 23.1 Å². The fraction of sp³-hybridized carbons (Fsp3) is 0.417. The number of carbonyl (C=O) groups is 2. The van der Waals surface area contributed by atoms with Crippen LogP contribution in [0.1, 0.15) is 44.8 Å². The molecule has 2 fully saturated rings. The topological polar surface area (TPSA) is 133 Å². The Labute approximate surface area is 215 Å². The minimum absolute atomic E-state index is 0.00869. The second kappa shape index (κ2) is 8.95. The maximum Gasteiger partial charge on any atom is 0.275 e. The molecule has 200 valence electrons. The van der Waals surface area contributed by atoms with Crippen molar-refractivity contribution in [2.24, 2.45) is 0 Å². The van der Waals surface area contributed by atoms with E-state index in [0.717, 1.165) is 14.9 Å². The van der Waals surface area contributed by atoms with Crippen LogP contribution in [0.3, 0.4) is 0 Å². The molecular formula is C24H22F3N5O5S. The summed E-state index contributed by atoms with van der Waals surface area (Å²) in [5.74, 6) is -5.12. The molecule has 1 aromatic heterocycles. The van der Waals surface area contributed by atoms with E-state index in [0.29, 0.717) is 5.56 Å². The van der Waals surface area contributed by atoms with E-state index in [1.807, 2.05) is 0 Å². The molecule has 3 aliphatic rings. The van der Waals surface area contributed by atoms with Gasteiger partial charge in [-0.25, -0.2) is 21.6 Å². The maximum atomic E-state index is 13.8. The van der Waals surface area contributed by atoms with E-state index >= 15 is 0 Å². The number of hydrogen-bond donors (Lipinski definition) is 1. The number of halogens is 3. The highest BCUT2D eigenvalue weighted by atomic mass is 32.2. The molecule has 2 amide bonds.